The van der Waals surface area contributed by atoms with Crippen molar-refractivity contribution in [2.45, 2.75) is 23.8 Å². The van der Waals surface area contributed by atoms with E-state index in [1.54, 1.807) is 0 Å². The summed E-state index contributed by atoms with van der Waals surface area (Å²) in [6, 6.07) is 3.75. The molecule has 0 aliphatic carbocycles. The second kappa shape index (κ2) is 5.17. The third kappa shape index (κ3) is 2.37. The number of carboxylic acids is 1. The lowest BCUT2D eigenvalue weighted by Crippen LogP contribution is -2.40. The van der Waals surface area contributed by atoms with Crippen molar-refractivity contribution in [2.24, 2.45) is 0 Å². The molecule has 9 heteroatoms. The Bertz CT molecular complexity index is 657. The van der Waals surface area contributed by atoms with Gasteiger partial charge in [-0.1, -0.05) is 12.1 Å². The number of para-hydroxylation sites is 1. The Hall–Kier alpha value is -2.00. The highest BCUT2D eigenvalue weighted by Crippen LogP contribution is 2.31. The fourth-order valence-electron chi connectivity index (χ4n) is 2.23. The normalized spacial score (nSPS) is 19.9. The number of nitrogens with zero attached hydrogens (tertiary/aromatic N) is 2. The molecule has 0 spiro atoms. The Labute approximate surface area is 114 Å². The summed E-state index contributed by atoms with van der Waals surface area (Å²) in [6.45, 7) is 0.0470. The molecule has 1 N–H and O–H groups in total. The first-order valence-electron chi connectivity index (χ1n) is 5.84. The summed E-state index contributed by atoms with van der Waals surface area (Å²) in [6.07, 6.45) is 0.617. The van der Waals surface area contributed by atoms with Crippen LogP contribution in [0.4, 0.5) is 5.69 Å². The molecule has 0 aromatic heterocycles. The largest absolute Gasteiger partial charge is 0.480 e. The molecule has 1 saturated heterocycles. The molecule has 1 atom stereocenters. The third-order valence-corrected chi connectivity index (χ3v) is 5.09. The predicted octanol–water partition coefficient (Wildman–Crippen LogP) is 0.832. The van der Waals surface area contributed by atoms with Gasteiger partial charge >= 0.3 is 5.97 Å². The van der Waals surface area contributed by atoms with Gasteiger partial charge in [0.2, 0.25) is 0 Å². The van der Waals surface area contributed by atoms with E-state index in [4.69, 9.17) is 5.11 Å². The standard InChI is InChI=1S/C11H12N2O6S/c14-11(15)9-5-3-7-12(9)20(18,19)10-6-2-1-4-8(10)13(16)17/h1-2,4,6,9H,3,5,7H2,(H,14,15). The maximum atomic E-state index is 12.4. The fourth-order valence-corrected chi connectivity index (χ4v) is 4.04. The number of nitro groups is 1. The van der Waals surface area contributed by atoms with E-state index in [1.165, 1.54) is 12.1 Å². The van der Waals surface area contributed by atoms with Crippen molar-refractivity contribution < 1.29 is 23.2 Å². The molecular weight excluding hydrogens is 288 g/mol. The van der Waals surface area contributed by atoms with E-state index in [9.17, 15) is 23.3 Å². The average Bonchev–Trinajstić information content (AvgIpc) is 2.88. The number of aliphatic carboxylic acids is 1. The second-order valence-electron chi connectivity index (χ2n) is 4.34. The molecule has 108 valence electrons. The predicted molar refractivity (Wildman–Crippen MR) is 67.6 cm³/mol. The Balaban J connectivity index is 2.51. The molecule has 20 heavy (non-hydrogen) atoms. The van der Waals surface area contributed by atoms with Gasteiger partial charge in [-0.3, -0.25) is 14.9 Å². The van der Waals surface area contributed by atoms with Crippen LogP contribution in [0.5, 0.6) is 0 Å². The minimum absolute atomic E-state index is 0.0470. The van der Waals surface area contributed by atoms with E-state index in [0.717, 1.165) is 16.4 Å². The first-order chi connectivity index (χ1) is 9.35. The van der Waals surface area contributed by atoms with Crippen molar-refractivity contribution in [3.05, 3.63) is 34.4 Å². The van der Waals surface area contributed by atoms with Crippen molar-refractivity contribution in [3.8, 4) is 0 Å². The lowest BCUT2D eigenvalue weighted by atomic mass is 10.2. The molecule has 1 aromatic carbocycles. The van der Waals surface area contributed by atoms with Gasteiger partial charge in [0.25, 0.3) is 15.7 Å². The Kier molecular flexibility index (Phi) is 3.73. The molecule has 0 radical (unpaired) electrons. The van der Waals surface area contributed by atoms with Crippen LogP contribution in [0.25, 0.3) is 0 Å². The summed E-state index contributed by atoms with van der Waals surface area (Å²) in [5, 5.41) is 19.9. The van der Waals surface area contributed by atoms with E-state index >= 15 is 0 Å². The van der Waals surface area contributed by atoms with Gasteiger partial charge in [-0.15, -0.1) is 0 Å². The Morgan fingerprint density at radius 2 is 2.05 bits per heavy atom. The molecule has 8 nitrogen and oxygen atoms in total. The van der Waals surface area contributed by atoms with Gasteiger partial charge in [0, 0.05) is 12.6 Å². The summed E-state index contributed by atoms with van der Waals surface area (Å²) in [4.78, 5) is 20.7. The van der Waals surface area contributed by atoms with E-state index in [1.807, 2.05) is 0 Å². The number of rotatable bonds is 4. The van der Waals surface area contributed by atoms with Gasteiger partial charge in [0.05, 0.1) is 4.92 Å². The van der Waals surface area contributed by atoms with Crippen LogP contribution in [0.15, 0.2) is 29.2 Å². The molecule has 0 bridgehead atoms. The van der Waals surface area contributed by atoms with Gasteiger partial charge in [0.15, 0.2) is 4.90 Å². The fraction of sp³-hybridized carbons (Fsp3) is 0.364. The summed E-state index contributed by atoms with van der Waals surface area (Å²) in [7, 11) is -4.20. The lowest BCUT2D eigenvalue weighted by molar-refractivity contribution is -0.387. The van der Waals surface area contributed by atoms with Gasteiger partial charge in [-0.25, -0.2) is 8.42 Å². The minimum Gasteiger partial charge on any atom is -0.480 e. The number of benzene rings is 1. The van der Waals surface area contributed by atoms with Crippen molar-refractivity contribution in [2.75, 3.05) is 6.54 Å². The van der Waals surface area contributed by atoms with E-state index in [0.29, 0.717) is 6.42 Å². The highest BCUT2D eigenvalue weighted by Gasteiger charge is 2.41. The SMILES string of the molecule is O=C(O)C1CCCN1S(=O)(=O)c1ccccc1[N+](=O)[O-]. The number of sulfonamides is 1. The van der Waals surface area contributed by atoms with Gasteiger partial charge < -0.3 is 5.11 Å². The molecule has 2 rings (SSSR count). The zero-order chi connectivity index (χ0) is 14.9. The molecule has 1 aliphatic heterocycles. The second-order valence-corrected chi connectivity index (χ2v) is 6.20. The van der Waals surface area contributed by atoms with Gasteiger partial charge in [0.1, 0.15) is 6.04 Å². The number of hydrogen-bond acceptors (Lipinski definition) is 5. The van der Waals surface area contributed by atoms with Crippen LogP contribution in [-0.4, -0.2) is 41.3 Å². The van der Waals surface area contributed by atoms with Crippen LogP contribution >= 0.6 is 0 Å². The maximum Gasteiger partial charge on any atom is 0.322 e. The van der Waals surface area contributed by atoms with Crippen LogP contribution in [0.3, 0.4) is 0 Å². The summed E-state index contributed by atoms with van der Waals surface area (Å²) in [5.74, 6) is -1.25. The highest BCUT2D eigenvalue weighted by molar-refractivity contribution is 7.89. The molecule has 1 fully saturated rings. The lowest BCUT2D eigenvalue weighted by Gasteiger charge is -2.20. The van der Waals surface area contributed by atoms with Crippen molar-refractivity contribution in [3.63, 3.8) is 0 Å². The molecular formula is C11H12N2O6S. The van der Waals surface area contributed by atoms with E-state index in [-0.39, 0.29) is 13.0 Å². The number of carbonyl (C=O) groups is 1. The molecule has 1 aromatic rings. The molecule has 1 aliphatic rings. The van der Waals surface area contributed by atoms with E-state index < -0.39 is 37.5 Å². The zero-order valence-corrected chi connectivity index (χ0v) is 11.1. The molecule has 1 heterocycles. The van der Waals surface area contributed by atoms with Crippen LogP contribution in [0.1, 0.15) is 12.8 Å². The highest BCUT2D eigenvalue weighted by atomic mass is 32.2. The number of nitro benzene ring substituents is 1. The van der Waals surface area contributed by atoms with Gasteiger partial charge in [-0.2, -0.15) is 4.31 Å². The van der Waals surface area contributed by atoms with Crippen LogP contribution < -0.4 is 0 Å². The van der Waals surface area contributed by atoms with Crippen LogP contribution in [0, 0.1) is 10.1 Å². The number of carboxylic acid groups (broad SMARTS) is 1. The smallest absolute Gasteiger partial charge is 0.322 e. The molecule has 1 unspecified atom stereocenters. The number of hydrogen-bond donors (Lipinski definition) is 1. The summed E-state index contributed by atoms with van der Waals surface area (Å²) < 4.78 is 25.7. The average molecular weight is 300 g/mol. The summed E-state index contributed by atoms with van der Waals surface area (Å²) in [5.41, 5.74) is -0.552. The van der Waals surface area contributed by atoms with Crippen molar-refractivity contribution in [1.29, 1.82) is 0 Å². The van der Waals surface area contributed by atoms with Crippen LogP contribution in [0.2, 0.25) is 0 Å². The summed E-state index contributed by atoms with van der Waals surface area (Å²) >= 11 is 0. The maximum absolute atomic E-state index is 12.4. The monoisotopic (exact) mass is 300 g/mol. The quantitative estimate of drug-likeness (QED) is 0.650. The Morgan fingerprint density at radius 3 is 2.65 bits per heavy atom. The first kappa shape index (κ1) is 14.4. The minimum atomic E-state index is -4.20. The van der Waals surface area contributed by atoms with E-state index in [2.05, 4.69) is 0 Å². The first-order valence-corrected chi connectivity index (χ1v) is 7.28. The van der Waals surface area contributed by atoms with Crippen molar-refractivity contribution in [1.82, 2.24) is 4.31 Å². The zero-order valence-electron chi connectivity index (χ0n) is 10.3. The van der Waals surface area contributed by atoms with Crippen LogP contribution in [-0.2, 0) is 14.8 Å². The molecule has 0 saturated carbocycles. The topological polar surface area (TPSA) is 118 Å². The van der Waals surface area contributed by atoms with Gasteiger partial charge in [-0.05, 0) is 18.9 Å². The Morgan fingerprint density at radius 1 is 1.40 bits per heavy atom. The molecule has 0 amide bonds. The third-order valence-electron chi connectivity index (χ3n) is 3.14. The van der Waals surface area contributed by atoms with Crippen molar-refractivity contribution >= 4 is 21.7 Å².